The van der Waals surface area contributed by atoms with Gasteiger partial charge in [0.2, 0.25) is 0 Å². The fourth-order valence-corrected chi connectivity index (χ4v) is 3.06. The summed E-state index contributed by atoms with van der Waals surface area (Å²) in [5.74, 6) is 0.864. The second-order valence-electron chi connectivity index (χ2n) is 5.47. The molecule has 1 heterocycles. The minimum atomic E-state index is 0.612. The average molecular weight is 243 g/mol. The third kappa shape index (κ3) is 2.30. The highest BCUT2D eigenvalue weighted by Gasteiger charge is 2.21. The Morgan fingerprint density at radius 1 is 1.28 bits per heavy atom. The van der Waals surface area contributed by atoms with Gasteiger partial charge >= 0.3 is 0 Å². The first kappa shape index (κ1) is 11.8. The fourth-order valence-electron chi connectivity index (χ4n) is 3.06. The van der Waals surface area contributed by atoms with E-state index in [2.05, 4.69) is 24.4 Å². The molecule has 2 aromatic rings. The number of hydrogen-bond donors (Lipinski definition) is 1. The van der Waals surface area contributed by atoms with Gasteiger partial charge < -0.3 is 9.73 Å². The van der Waals surface area contributed by atoms with Gasteiger partial charge in [0.05, 0.1) is 6.26 Å². The maximum atomic E-state index is 5.57. The first-order chi connectivity index (χ1) is 8.84. The maximum Gasteiger partial charge on any atom is 0.134 e. The molecule has 1 unspecified atom stereocenters. The zero-order valence-corrected chi connectivity index (χ0v) is 11.0. The van der Waals surface area contributed by atoms with E-state index >= 15 is 0 Å². The molecule has 1 fully saturated rings. The first-order valence-electron chi connectivity index (χ1n) is 7.03. The molecule has 1 aromatic heterocycles. The van der Waals surface area contributed by atoms with Crippen LogP contribution in [-0.4, -0.2) is 6.04 Å². The van der Waals surface area contributed by atoms with Crippen LogP contribution in [-0.2, 0) is 6.54 Å². The number of fused-ring (bicyclic) bond motifs is 1. The highest BCUT2D eigenvalue weighted by molar-refractivity contribution is 5.80. The van der Waals surface area contributed by atoms with Crippen LogP contribution in [0.5, 0.6) is 0 Å². The van der Waals surface area contributed by atoms with Crippen molar-refractivity contribution in [1.82, 2.24) is 5.32 Å². The van der Waals surface area contributed by atoms with Gasteiger partial charge in [-0.25, -0.2) is 0 Å². The maximum absolute atomic E-state index is 5.57. The molecule has 1 aromatic carbocycles. The third-order valence-corrected chi connectivity index (χ3v) is 4.28. The van der Waals surface area contributed by atoms with E-state index in [0.29, 0.717) is 6.04 Å². The van der Waals surface area contributed by atoms with E-state index in [1.54, 1.807) is 0 Å². The van der Waals surface area contributed by atoms with Gasteiger partial charge in [-0.05, 0) is 31.7 Å². The molecule has 1 saturated carbocycles. The fraction of sp³-hybridized carbons (Fsp3) is 0.500. The van der Waals surface area contributed by atoms with Crippen molar-refractivity contribution in [2.24, 2.45) is 5.92 Å². The molecule has 0 bridgehead atoms. The molecule has 2 heteroatoms. The number of nitrogens with one attached hydrogen (secondary N) is 1. The molecule has 3 rings (SSSR count). The van der Waals surface area contributed by atoms with Crippen LogP contribution in [0.4, 0.5) is 0 Å². The molecule has 0 amide bonds. The Morgan fingerprint density at radius 3 is 2.89 bits per heavy atom. The predicted molar refractivity (Wildman–Crippen MR) is 74.5 cm³/mol. The van der Waals surface area contributed by atoms with Gasteiger partial charge in [-0.1, -0.05) is 31.0 Å². The van der Waals surface area contributed by atoms with Gasteiger partial charge in [0, 0.05) is 23.5 Å². The summed E-state index contributed by atoms with van der Waals surface area (Å²) in [4.78, 5) is 0. The van der Waals surface area contributed by atoms with Crippen molar-refractivity contribution in [2.75, 3.05) is 0 Å². The van der Waals surface area contributed by atoms with Crippen LogP contribution in [0.1, 0.15) is 38.2 Å². The standard InChI is InChI=1S/C16H21NO/c1-12(13-6-2-3-7-13)17-10-14-11-18-16-9-5-4-8-15(14)16/h4-5,8-9,11-13,17H,2-3,6-7,10H2,1H3. The van der Waals surface area contributed by atoms with E-state index in [1.165, 1.54) is 36.6 Å². The van der Waals surface area contributed by atoms with E-state index in [4.69, 9.17) is 4.42 Å². The summed E-state index contributed by atoms with van der Waals surface area (Å²) < 4.78 is 5.57. The number of benzene rings is 1. The SMILES string of the molecule is CC(NCc1coc2ccccc12)C1CCCC1. The molecule has 96 valence electrons. The third-order valence-electron chi connectivity index (χ3n) is 4.28. The summed E-state index contributed by atoms with van der Waals surface area (Å²) in [5.41, 5.74) is 2.26. The summed E-state index contributed by atoms with van der Waals surface area (Å²) in [7, 11) is 0. The Hall–Kier alpha value is -1.28. The van der Waals surface area contributed by atoms with Gasteiger partial charge in [0.25, 0.3) is 0 Å². The van der Waals surface area contributed by atoms with E-state index in [9.17, 15) is 0 Å². The molecule has 0 saturated heterocycles. The lowest BCUT2D eigenvalue weighted by Crippen LogP contribution is -2.31. The van der Waals surface area contributed by atoms with Crippen LogP contribution < -0.4 is 5.32 Å². The van der Waals surface area contributed by atoms with E-state index in [0.717, 1.165) is 18.0 Å². The highest BCUT2D eigenvalue weighted by atomic mass is 16.3. The summed E-state index contributed by atoms with van der Waals surface area (Å²) in [5, 5.41) is 4.90. The Morgan fingerprint density at radius 2 is 2.06 bits per heavy atom. The van der Waals surface area contributed by atoms with Gasteiger partial charge in [-0.2, -0.15) is 0 Å². The lowest BCUT2D eigenvalue weighted by atomic mass is 9.99. The smallest absolute Gasteiger partial charge is 0.134 e. The molecule has 1 aliphatic carbocycles. The highest BCUT2D eigenvalue weighted by Crippen LogP contribution is 2.28. The first-order valence-corrected chi connectivity index (χ1v) is 7.03. The lowest BCUT2D eigenvalue weighted by Gasteiger charge is -2.20. The topological polar surface area (TPSA) is 25.2 Å². The minimum absolute atomic E-state index is 0.612. The summed E-state index contributed by atoms with van der Waals surface area (Å²) in [6.45, 7) is 3.23. The number of rotatable bonds is 4. The van der Waals surface area contributed by atoms with Crippen LogP contribution in [0.2, 0.25) is 0 Å². The van der Waals surface area contributed by atoms with E-state index in [-0.39, 0.29) is 0 Å². The van der Waals surface area contributed by atoms with E-state index in [1.807, 2.05) is 18.4 Å². The van der Waals surface area contributed by atoms with Crippen molar-refractivity contribution in [3.8, 4) is 0 Å². The summed E-state index contributed by atoms with van der Waals surface area (Å²) in [6, 6.07) is 8.86. The molecular formula is C16H21NO. The number of hydrogen-bond acceptors (Lipinski definition) is 2. The Balaban J connectivity index is 1.65. The van der Waals surface area contributed by atoms with Crippen LogP contribution in [0.3, 0.4) is 0 Å². The molecule has 0 spiro atoms. The van der Waals surface area contributed by atoms with Crippen molar-refractivity contribution in [3.05, 3.63) is 36.1 Å². The molecule has 0 radical (unpaired) electrons. The Labute approximate surface area is 108 Å². The van der Waals surface area contributed by atoms with Crippen molar-refractivity contribution in [1.29, 1.82) is 0 Å². The molecule has 2 nitrogen and oxygen atoms in total. The number of para-hydroxylation sites is 1. The minimum Gasteiger partial charge on any atom is -0.464 e. The van der Waals surface area contributed by atoms with Crippen molar-refractivity contribution in [2.45, 2.75) is 45.2 Å². The van der Waals surface area contributed by atoms with E-state index < -0.39 is 0 Å². The Kier molecular flexibility index (Phi) is 3.37. The zero-order valence-electron chi connectivity index (χ0n) is 11.0. The predicted octanol–water partition coefficient (Wildman–Crippen LogP) is 4.10. The van der Waals surface area contributed by atoms with Crippen LogP contribution in [0, 0.1) is 5.92 Å². The van der Waals surface area contributed by atoms with Gasteiger partial charge in [0.1, 0.15) is 5.58 Å². The summed E-state index contributed by atoms with van der Waals surface area (Å²) in [6.07, 6.45) is 7.48. The molecule has 1 N–H and O–H groups in total. The molecule has 18 heavy (non-hydrogen) atoms. The Bertz CT molecular complexity index is 511. The number of furan rings is 1. The monoisotopic (exact) mass is 243 g/mol. The largest absolute Gasteiger partial charge is 0.464 e. The molecular weight excluding hydrogens is 222 g/mol. The second-order valence-corrected chi connectivity index (χ2v) is 5.47. The molecule has 1 aliphatic rings. The van der Waals surface area contributed by atoms with Crippen LogP contribution >= 0.6 is 0 Å². The zero-order chi connectivity index (χ0) is 12.4. The average Bonchev–Trinajstić information content (AvgIpc) is 3.06. The van der Waals surface area contributed by atoms with Gasteiger partial charge in [0.15, 0.2) is 0 Å². The van der Waals surface area contributed by atoms with Crippen molar-refractivity contribution < 1.29 is 4.42 Å². The van der Waals surface area contributed by atoms with Crippen molar-refractivity contribution >= 4 is 11.0 Å². The quantitative estimate of drug-likeness (QED) is 0.874. The molecule has 1 atom stereocenters. The van der Waals surface area contributed by atoms with Gasteiger partial charge in [-0.15, -0.1) is 0 Å². The molecule has 0 aliphatic heterocycles. The normalized spacial score (nSPS) is 18.5. The van der Waals surface area contributed by atoms with Crippen LogP contribution in [0.25, 0.3) is 11.0 Å². The summed E-state index contributed by atoms with van der Waals surface area (Å²) >= 11 is 0. The van der Waals surface area contributed by atoms with Crippen molar-refractivity contribution in [3.63, 3.8) is 0 Å². The second kappa shape index (κ2) is 5.15. The van der Waals surface area contributed by atoms with Gasteiger partial charge in [-0.3, -0.25) is 0 Å². The lowest BCUT2D eigenvalue weighted by molar-refractivity contribution is 0.380. The van der Waals surface area contributed by atoms with Crippen LogP contribution in [0.15, 0.2) is 34.9 Å².